The lowest BCUT2D eigenvalue weighted by molar-refractivity contribution is -0.385. The van der Waals surface area contributed by atoms with E-state index in [-0.39, 0.29) is 53.2 Å². The van der Waals surface area contributed by atoms with E-state index in [2.05, 4.69) is 0 Å². The van der Waals surface area contributed by atoms with Crippen LogP contribution in [0.3, 0.4) is 0 Å². The molecule has 150 valence electrons. The topological polar surface area (TPSA) is 116 Å². The first kappa shape index (κ1) is 20.9. The molecule has 1 atom stereocenters. The molecule has 1 aromatic carbocycles. The summed E-state index contributed by atoms with van der Waals surface area (Å²) in [6.07, 6.45) is 0.404. The molecule has 0 radical (unpaired) electrons. The van der Waals surface area contributed by atoms with Gasteiger partial charge < -0.3 is 14.4 Å². The van der Waals surface area contributed by atoms with Crippen molar-refractivity contribution in [2.24, 2.45) is 5.92 Å². The Labute approximate surface area is 158 Å². The number of hydrogen-bond donors (Lipinski definition) is 0. The van der Waals surface area contributed by atoms with E-state index in [1.807, 2.05) is 13.8 Å². The summed E-state index contributed by atoms with van der Waals surface area (Å²) in [4.78, 5) is 24.6. The van der Waals surface area contributed by atoms with Crippen LogP contribution in [0.4, 0.5) is 5.69 Å². The van der Waals surface area contributed by atoms with Crippen LogP contribution in [-0.4, -0.2) is 62.0 Å². The van der Waals surface area contributed by atoms with Crippen molar-refractivity contribution in [3.63, 3.8) is 0 Å². The highest BCUT2D eigenvalue weighted by Gasteiger charge is 2.35. The molecular weight excluding hydrogens is 376 g/mol. The van der Waals surface area contributed by atoms with Crippen molar-refractivity contribution in [3.8, 4) is 11.5 Å². The van der Waals surface area contributed by atoms with E-state index in [1.165, 1.54) is 25.3 Å². The molecule has 1 unspecified atom stereocenters. The van der Waals surface area contributed by atoms with Crippen LogP contribution < -0.4 is 9.47 Å². The zero-order valence-corrected chi connectivity index (χ0v) is 16.4. The van der Waals surface area contributed by atoms with Gasteiger partial charge in [0, 0.05) is 18.7 Å². The van der Waals surface area contributed by atoms with Crippen molar-refractivity contribution >= 4 is 21.4 Å². The van der Waals surface area contributed by atoms with Gasteiger partial charge in [0.15, 0.2) is 27.9 Å². The van der Waals surface area contributed by atoms with E-state index in [0.29, 0.717) is 13.0 Å². The Balaban J connectivity index is 2.13. The summed E-state index contributed by atoms with van der Waals surface area (Å²) < 4.78 is 34.1. The van der Waals surface area contributed by atoms with Crippen LogP contribution in [0.5, 0.6) is 11.5 Å². The smallest absolute Gasteiger partial charge is 0.273 e. The van der Waals surface area contributed by atoms with Gasteiger partial charge in [-0.2, -0.15) is 0 Å². The zero-order chi connectivity index (χ0) is 20.2. The van der Waals surface area contributed by atoms with Crippen molar-refractivity contribution in [1.29, 1.82) is 0 Å². The summed E-state index contributed by atoms with van der Waals surface area (Å²) >= 11 is 0. The molecule has 0 aromatic heterocycles. The lowest BCUT2D eigenvalue weighted by atomic mass is 10.1. The number of nitro groups is 1. The predicted molar refractivity (Wildman–Crippen MR) is 98.8 cm³/mol. The van der Waals surface area contributed by atoms with Gasteiger partial charge in [0.1, 0.15) is 0 Å². The van der Waals surface area contributed by atoms with Crippen LogP contribution >= 0.6 is 0 Å². The highest BCUT2D eigenvalue weighted by atomic mass is 32.2. The largest absolute Gasteiger partial charge is 0.493 e. The normalized spacial score (nSPS) is 18.3. The molecule has 27 heavy (non-hydrogen) atoms. The average molecular weight is 400 g/mol. The van der Waals surface area contributed by atoms with E-state index in [0.717, 1.165) is 0 Å². The number of carbonyl (C=O) groups excluding carboxylic acids is 1. The Bertz CT molecular complexity index is 807. The fourth-order valence-corrected chi connectivity index (χ4v) is 4.71. The third kappa shape index (κ3) is 5.56. The molecule has 0 aliphatic carbocycles. The molecule has 1 aromatic rings. The maximum atomic E-state index is 12.7. The highest BCUT2D eigenvalue weighted by molar-refractivity contribution is 7.91. The molecule has 0 spiro atoms. The van der Waals surface area contributed by atoms with Gasteiger partial charge in [-0.15, -0.1) is 0 Å². The predicted octanol–water partition coefficient (Wildman–Crippen LogP) is 1.65. The number of sulfone groups is 1. The standard InChI is InChI=1S/C17H24N2O7S/c1-12(2)9-18(14-6-7-27(23,24)11-14)17(20)10-26-16-8-13(19(21)22)4-5-15(16)25-3/h4-5,8,12,14H,6-7,9-11H2,1-3H3. The van der Waals surface area contributed by atoms with E-state index in [4.69, 9.17) is 9.47 Å². The Morgan fingerprint density at radius 3 is 2.59 bits per heavy atom. The molecule has 1 fully saturated rings. The number of non-ortho nitro benzene ring substituents is 1. The van der Waals surface area contributed by atoms with E-state index in [9.17, 15) is 23.3 Å². The van der Waals surface area contributed by atoms with Gasteiger partial charge in [0.2, 0.25) is 0 Å². The van der Waals surface area contributed by atoms with Gasteiger partial charge in [-0.3, -0.25) is 14.9 Å². The monoisotopic (exact) mass is 400 g/mol. The molecular formula is C17H24N2O7S. The summed E-state index contributed by atoms with van der Waals surface area (Å²) in [5, 5.41) is 10.9. The minimum atomic E-state index is -3.13. The van der Waals surface area contributed by atoms with Gasteiger partial charge in [-0.05, 0) is 18.4 Å². The Kier molecular flexibility index (Phi) is 6.63. The molecule has 1 saturated heterocycles. The highest BCUT2D eigenvalue weighted by Crippen LogP contribution is 2.31. The second-order valence-electron chi connectivity index (χ2n) is 6.88. The van der Waals surface area contributed by atoms with Crippen molar-refractivity contribution in [2.45, 2.75) is 26.3 Å². The fraction of sp³-hybridized carbons (Fsp3) is 0.588. The van der Waals surface area contributed by atoms with Gasteiger partial charge in [-0.1, -0.05) is 13.8 Å². The third-order valence-electron chi connectivity index (χ3n) is 4.24. The molecule has 1 aliphatic heterocycles. The van der Waals surface area contributed by atoms with E-state index in [1.54, 1.807) is 4.90 Å². The zero-order valence-electron chi connectivity index (χ0n) is 15.6. The number of nitro benzene ring substituents is 1. The second kappa shape index (κ2) is 8.55. The summed E-state index contributed by atoms with van der Waals surface area (Å²) in [5.41, 5.74) is -0.181. The Morgan fingerprint density at radius 2 is 2.07 bits per heavy atom. The quantitative estimate of drug-likeness (QED) is 0.481. The number of rotatable bonds is 8. The second-order valence-corrected chi connectivity index (χ2v) is 9.11. The number of hydrogen-bond acceptors (Lipinski definition) is 7. The van der Waals surface area contributed by atoms with Crippen molar-refractivity contribution in [2.75, 3.05) is 31.8 Å². The Morgan fingerprint density at radius 1 is 1.37 bits per heavy atom. The first-order valence-electron chi connectivity index (χ1n) is 8.58. The lowest BCUT2D eigenvalue weighted by Gasteiger charge is -2.30. The molecule has 1 amide bonds. The SMILES string of the molecule is COc1ccc([N+](=O)[O-])cc1OCC(=O)N(CC(C)C)C1CCS(=O)(=O)C1. The first-order chi connectivity index (χ1) is 12.6. The minimum Gasteiger partial charge on any atom is -0.493 e. The molecule has 10 heteroatoms. The van der Waals surface area contributed by atoms with Crippen LogP contribution in [0.1, 0.15) is 20.3 Å². The Hall–Kier alpha value is -2.36. The number of ether oxygens (including phenoxy) is 2. The van der Waals surface area contributed by atoms with E-state index >= 15 is 0 Å². The van der Waals surface area contributed by atoms with Gasteiger partial charge >= 0.3 is 0 Å². The maximum Gasteiger partial charge on any atom is 0.273 e. The summed E-state index contributed by atoms with van der Waals surface area (Å²) in [7, 11) is -1.74. The number of nitrogens with zero attached hydrogens (tertiary/aromatic N) is 2. The summed E-state index contributed by atoms with van der Waals surface area (Å²) in [5.74, 6) is 0.171. The number of amides is 1. The summed E-state index contributed by atoms with van der Waals surface area (Å²) in [6, 6.07) is 3.49. The van der Waals surface area contributed by atoms with Gasteiger partial charge in [0.25, 0.3) is 11.6 Å². The van der Waals surface area contributed by atoms with Gasteiger partial charge in [0.05, 0.1) is 29.6 Å². The average Bonchev–Trinajstić information content (AvgIpc) is 2.96. The minimum absolute atomic E-state index is 0.0500. The third-order valence-corrected chi connectivity index (χ3v) is 5.99. The van der Waals surface area contributed by atoms with E-state index < -0.39 is 14.8 Å². The fourth-order valence-electron chi connectivity index (χ4n) is 2.98. The molecule has 0 N–H and O–H groups in total. The molecule has 9 nitrogen and oxygen atoms in total. The molecule has 0 bridgehead atoms. The molecule has 0 saturated carbocycles. The van der Waals surface area contributed by atoms with Crippen molar-refractivity contribution in [1.82, 2.24) is 4.90 Å². The van der Waals surface area contributed by atoms with Gasteiger partial charge in [-0.25, -0.2) is 8.42 Å². The van der Waals surface area contributed by atoms with Crippen LogP contribution in [0.2, 0.25) is 0 Å². The van der Waals surface area contributed by atoms with Crippen molar-refractivity contribution < 1.29 is 27.6 Å². The van der Waals surface area contributed by atoms with Crippen molar-refractivity contribution in [3.05, 3.63) is 28.3 Å². The number of carbonyl (C=O) groups is 1. The molecule has 2 rings (SSSR count). The van der Waals surface area contributed by atoms with Crippen LogP contribution in [0.15, 0.2) is 18.2 Å². The van der Waals surface area contributed by atoms with Crippen LogP contribution in [0.25, 0.3) is 0 Å². The molecule has 1 heterocycles. The number of benzene rings is 1. The van der Waals surface area contributed by atoms with Crippen LogP contribution in [0, 0.1) is 16.0 Å². The first-order valence-corrected chi connectivity index (χ1v) is 10.4. The molecule has 1 aliphatic rings. The maximum absolute atomic E-state index is 12.7. The number of methoxy groups -OCH3 is 1. The van der Waals surface area contributed by atoms with Crippen LogP contribution in [-0.2, 0) is 14.6 Å². The summed E-state index contributed by atoms with van der Waals surface area (Å²) in [6.45, 7) is 3.93. The lowest BCUT2D eigenvalue weighted by Crippen LogP contribution is -2.45.